The fourth-order valence-electron chi connectivity index (χ4n) is 6.67. The van der Waals surface area contributed by atoms with Crippen LogP contribution >= 0.6 is 0 Å². The van der Waals surface area contributed by atoms with E-state index in [0.29, 0.717) is 25.0 Å². The Morgan fingerprint density at radius 1 is 1.30 bits per heavy atom. The fourth-order valence-corrected chi connectivity index (χ4v) is 6.67. The number of phenolic OH excluding ortho intramolecular Hbond substituents is 1. The minimum atomic E-state index is -1.16. The number of hydrogen-bond acceptors (Lipinski definition) is 6. The zero-order valence-corrected chi connectivity index (χ0v) is 15.3. The van der Waals surface area contributed by atoms with E-state index in [1.807, 2.05) is 6.07 Å². The van der Waals surface area contributed by atoms with E-state index in [2.05, 4.69) is 11.0 Å². The van der Waals surface area contributed by atoms with Crippen molar-refractivity contribution < 1.29 is 14.9 Å². The third kappa shape index (κ3) is 1.72. The van der Waals surface area contributed by atoms with Gasteiger partial charge < -0.3 is 20.7 Å². The van der Waals surface area contributed by atoms with Gasteiger partial charge in [0.25, 0.3) is 0 Å². The number of piperidine rings is 1. The van der Waals surface area contributed by atoms with E-state index < -0.39 is 22.7 Å². The smallest absolute Gasteiger partial charge is 0.165 e. The standard InChI is InChI=1S/C21H25N3O3/c22-11-19(23)5-6-21(26)15-9-13-3-4-14(25)17-16(13)20(21,18(19)27-17)7-8-24(15)10-12-1-2-12/h3-4,12,15,18,25-26H,1-2,5-10,23H2/t15?,18-,19-,20-,21+/m0/s1. The summed E-state index contributed by atoms with van der Waals surface area (Å²) in [6.45, 7) is 1.92. The van der Waals surface area contributed by atoms with Crippen LogP contribution in [0, 0.1) is 17.2 Å². The average Bonchev–Trinajstić information content (AvgIpc) is 3.39. The molecule has 1 unspecified atom stereocenters. The van der Waals surface area contributed by atoms with E-state index in [1.54, 1.807) is 6.07 Å². The number of rotatable bonds is 2. The predicted molar refractivity (Wildman–Crippen MR) is 97.3 cm³/mol. The molecule has 4 N–H and O–H groups in total. The van der Waals surface area contributed by atoms with E-state index >= 15 is 0 Å². The Labute approximate surface area is 158 Å². The number of aliphatic hydroxyl groups is 1. The van der Waals surface area contributed by atoms with Crippen molar-refractivity contribution >= 4 is 0 Å². The van der Waals surface area contributed by atoms with Gasteiger partial charge in [0, 0.05) is 18.2 Å². The number of nitrogens with zero attached hydrogens (tertiary/aromatic N) is 2. The van der Waals surface area contributed by atoms with Crippen LogP contribution in [0.25, 0.3) is 0 Å². The SMILES string of the molecule is N#C[C@@]1(N)CC[C@@]2(O)C3Cc4ccc(O)c5c4[C@@]2(CCN3CC2CC2)[C@H]1O5. The molecule has 0 radical (unpaired) electrons. The normalized spacial score (nSPS) is 44.3. The molecule has 1 spiro atoms. The second-order valence-corrected chi connectivity index (χ2v) is 9.40. The van der Waals surface area contributed by atoms with E-state index in [4.69, 9.17) is 10.5 Å². The number of benzene rings is 1. The Balaban J connectivity index is 1.59. The Hall–Kier alpha value is -1.81. The number of nitriles is 1. The highest BCUT2D eigenvalue weighted by molar-refractivity contribution is 5.63. The molecule has 3 aliphatic carbocycles. The second-order valence-electron chi connectivity index (χ2n) is 9.40. The van der Waals surface area contributed by atoms with E-state index in [-0.39, 0.29) is 11.8 Å². The van der Waals surface area contributed by atoms with Gasteiger partial charge in [0.1, 0.15) is 11.6 Å². The molecular weight excluding hydrogens is 342 g/mol. The van der Waals surface area contributed by atoms with Crippen LogP contribution in [0.15, 0.2) is 12.1 Å². The van der Waals surface area contributed by atoms with Gasteiger partial charge in [-0.3, -0.25) is 4.90 Å². The van der Waals surface area contributed by atoms with Crippen LogP contribution in [0.1, 0.15) is 43.2 Å². The molecule has 2 aliphatic heterocycles. The molecule has 2 bridgehead atoms. The topological polar surface area (TPSA) is 103 Å². The first-order chi connectivity index (χ1) is 12.9. The van der Waals surface area contributed by atoms with Crippen molar-refractivity contribution in [2.75, 3.05) is 13.1 Å². The molecule has 5 atom stereocenters. The van der Waals surface area contributed by atoms with Crippen LogP contribution in [0.4, 0.5) is 0 Å². The summed E-state index contributed by atoms with van der Waals surface area (Å²) in [5.74, 6) is 1.28. The zero-order valence-electron chi connectivity index (χ0n) is 15.3. The number of phenols is 1. The Morgan fingerprint density at radius 3 is 2.85 bits per heavy atom. The maximum absolute atomic E-state index is 12.2. The lowest BCUT2D eigenvalue weighted by Gasteiger charge is -2.65. The monoisotopic (exact) mass is 367 g/mol. The molecule has 27 heavy (non-hydrogen) atoms. The molecule has 6 heteroatoms. The van der Waals surface area contributed by atoms with Crippen molar-refractivity contribution in [3.8, 4) is 17.6 Å². The highest BCUT2D eigenvalue weighted by Crippen LogP contribution is 2.66. The molecule has 1 aromatic carbocycles. The van der Waals surface area contributed by atoms with E-state index in [9.17, 15) is 15.5 Å². The van der Waals surface area contributed by atoms with Gasteiger partial charge >= 0.3 is 0 Å². The van der Waals surface area contributed by atoms with Crippen molar-refractivity contribution in [3.05, 3.63) is 23.3 Å². The molecule has 0 amide bonds. The first kappa shape index (κ1) is 16.2. The molecule has 1 aromatic rings. The van der Waals surface area contributed by atoms with Crippen LogP contribution in [0.2, 0.25) is 0 Å². The molecule has 2 saturated carbocycles. The van der Waals surface area contributed by atoms with Gasteiger partial charge in [0.15, 0.2) is 11.5 Å². The van der Waals surface area contributed by atoms with Crippen LogP contribution in [-0.2, 0) is 11.8 Å². The number of hydrogen-bond donors (Lipinski definition) is 3. The van der Waals surface area contributed by atoms with Crippen molar-refractivity contribution in [2.45, 2.75) is 67.2 Å². The lowest BCUT2D eigenvalue weighted by atomic mass is 9.46. The lowest BCUT2D eigenvalue weighted by Crippen LogP contribution is -2.80. The summed E-state index contributed by atoms with van der Waals surface area (Å²) < 4.78 is 6.23. The summed E-state index contributed by atoms with van der Waals surface area (Å²) in [5, 5.41) is 32.5. The minimum Gasteiger partial charge on any atom is -0.504 e. The zero-order chi connectivity index (χ0) is 18.6. The molecule has 6 rings (SSSR count). The van der Waals surface area contributed by atoms with Gasteiger partial charge in [-0.2, -0.15) is 5.26 Å². The lowest BCUT2D eigenvalue weighted by molar-refractivity contribution is -0.196. The van der Waals surface area contributed by atoms with Crippen molar-refractivity contribution in [1.29, 1.82) is 5.26 Å². The Bertz CT molecular complexity index is 893. The van der Waals surface area contributed by atoms with Gasteiger partial charge in [0.05, 0.1) is 17.1 Å². The third-order valence-electron chi connectivity index (χ3n) is 8.11. The number of likely N-dealkylation sites (tertiary alicyclic amines) is 1. The second kappa shape index (κ2) is 4.78. The van der Waals surface area contributed by atoms with Gasteiger partial charge in [-0.25, -0.2) is 0 Å². The van der Waals surface area contributed by atoms with Crippen LogP contribution in [0.3, 0.4) is 0 Å². The minimum absolute atomic E-state index is 0.0178. The van der Waals surface area contributed by atoms with Crippen molar-refractivity contribution in [3.63, 3.8) is 0 Å². The largest absolute Gasteiger partial charge is 0.504 e. The molecule has 3 fully saturated rings. The van der Waals surface area contributed by atoms with Gasteiger partial charge in [-0.15, -0.1) is 0 Å². The molecule has 6 nitrogen and oxygen atoms in total. The molecule has 2 heterocycles. The highest BCUT2D eigenvalue weighted by Gasteiger charge is 2.75. The molecule has 142 valence electrons. The summed E-state index contributed by atoms with van der Waals surface area (Å²) in [7, 11) is 0. The Kier molecular flexibility index (Phi) is 2.86. The fraction of sp³-hybridized carbons (Fsp3) is 0.667. The molecule has 0 aromatic heterocycles. The maximum atomic E-state index is 12.2. The molecule has 1 saturated heterocycles. The van der Waals surface area contributed by atoms with Crippen LogP contribution < -0.4 is 10.5 Å². The quantitative estimate of drug-likeness (QED) is 0.725. The van der Waals surface area contributed by atoms with E-state index in [0.717, 1.165) is 36.6 Å². The van der Waals surface area contributed by atoms with Crippen molar-refractivity contribution in [2.24, 2.45) is 11.7 Å². The summed E-state index contributed by atoms with van der Waals surface area (Å²) in [4.78, 5) is 2.48. The number of nitrogens with two attached hydrogens (primary N) is 1. The van der Waals surface area contributed by atoms with E-state index in [1.165, 1.54) is 12.8 Å². The summed E-state index contributed by atoms with van der Waals surface area (Å²) in [6.07, 6.45) is 4.32. The summed E-state index contributed by atoms with van der Waals surface area (Å²) >= 11 is 0. The number of ether oxygens (including phenoxy) is 1. The van der Waals surface area contributed by atoms with Gasteiger partial charge in [0.2, 0.25) is 0 Å². The Morgan fingerprint density at radius 2 is 2.11 bits per heavy atom. The first-order valence-corrected chi connectivity index (χ1v) is 10.1. The predicted octanol–water partition coefficient (Wildman–Crippen LogP) is 1.18. The average molecular weight is 367 g/mol. The van der Waals surface area contributed by atoms with Crippen LogP contribution in [-0.4, -0.2) is 51.5 Å². The van der Waals surface area contributed by atoms with Crippen molar-refractivity contribution in [1.82, 2.24) is 4.90 Å². The number of aromatic hydroxyl groups is 1. The first-order valence-electron chi connectivity index (χ1n) is 10.1. The van der Waals surface area contributed by atoms with Gasteiger partial charge in [-0.1, -0.05) is 6.07 Å². The molecular formula is C21H25N3O3. The van der Waals surface area contributed by atoms with Crippen LogP contribution in [0.5, 0.6) is 11.5 Å². The third-order valence-corrected chi connectivity index (χ3v) is 8.11. The maximum Gasteiger partial charge on any atom is 0.165 e. The summed E-state index contributed by atoms with van der Waals surface area (Å²) in [6, 6.07) is 5.95. The molecule has 5 aliphatic rings. The highest BCUT2D eigenvalue weighted by atomic mass is 16.5. The van der Waals surface area contributed by atoms with Gasteiger partial charge in [-0.05, 0) is 62.6 Å². The summed E-state index contributed by atoms with van der Waals surface area (Å²) in [5.41, 5.74) is 5.74.